The number of hydrogen-bond donors (Lipinski definition) is 2. The highest BCUT2D eigenvalue weighted by Gasteiger charge is 2.07. The first kappa shape index (κ1) is 17.2. The van der Waals surface area contributed by atoms with Crippen LogP contribution in [-0.2, 0) is 11.3 Å². The van der Waals surface area contributed by atoms with E-state index >= 15 is 0 Å². The van der Waals surface area contributed by atoms with Crippen LogP contribution in [0, 0.1) is 0 Å². The molecule has 2 N–H and O–H groups in total. The standard InChI is InChI=1S/C18H21ClN2O2/c1-13(2)23-17-6-4-3-5-16(17)20-12-18(22)21-11-14-7-9-15(19)10-8-14/h3-10,13,20H,11-12H2,1-2H3,(H,21,22). The van der Waals surface area contributed by atoms with Gasteiger partial charge in [-0.05, 0) is 43.7 Å². The number of para-hydroxylation sites is 2. The number of hydrogen-bond acceptors (Lipinski definition) is 3. The molecule has 2 rings (SSSR count). The number of rotatable bonds is 7. The van der Waals surface area contributed by atoms with E-state index in [0.29, 0.717) is 11.6 Å². The molecule has 0 radical (unpaired) electrons. The number of ether oxygens (including phenoxy) is 1. The lowest BCUT2D eigenvalue weighted by Gasteiger charge is -2.15. The number of anilines is 1. The molecule has 0 bridgehead atoms. The summed E-state index contributed by atoms with van der Waals surface area (Å²) in [5.74, 6) is 0.660. The first-order valence-electron chi connectivity index (χ1n) is 7.55. The molecule has 0 fully saturated rings. The Morgan fingerprint density at radius 1 is 1.13 bits per heavy atom. The second-order valence-electron chi connectivity index (χ2n) is 5.42. The molecule has 0 spiro atoms. The molecule has 5 heteroatoms. The molecule has 1 amide bonds. The van der Waals surface area contributed by atoms with Crippen LogP contribution < -0.4 is 15.4 Å². The second-order valence-corrected chi connectivity index (χ2v) is 5.86. The molecule has 0 aromatic heterocycles. The monoisotopic (exact) mass is 332 g/mol. The maximum Gasteiger partial charge on any atom is 0.239 e. The molecule has 122 valence electrons. The van der Waals surface area contributed by atoms with E-state index in [1.807, 2.05) is 50.2 Å². The van der Waals surface area contributed by atoms with Gasteiger partial charge in [-0.15, -0.1) is 0 Å². The molecular weight excluding hydrogens is 312 g/mol. The Morgan fingerprint density at radius 3 is 2.52 bits per heavy atom. The lowest BCUT2D eigenvalue weighted by molar-refractivity contribution is -0.119. The van der Waals surface area contributed by atoms with E-state index in [1.165, 1.54) is 0 Å². The third-order valence-corrected chi connectivity index (χ3v) is 3.34. The minimum absolute atomic E-state index is 0.0803. The minimum Gasteiger partial charge on any atom is -0.489 e. The predicted molar refractivity (Wildman–Crippen MR) is 94.0 cm³/mol. The van der Waals surface area contributed by atoms with Crippen molar-refractivity contribution in [1.29, 1.82) is 0 Å². The van der Waals surface area contributed by atoms with Crippen LogP contribution in [0.5, 0.6) is 5.75 Å². The van der Waals surface area contributed by atoms with Gasteiger partial charge in [0.1, 0.15) is 5.75 Å². The molecular formula is C18H21ClN2O2. The van der Waals surface area contributed by atoms with Gasteiger partial charge in [-0.1, -0.05) is 35.9 Å². The van der Waals surface area contributed by atoms with Gasteiger partial charge in [0.15, 0.2) is 0 Å². The Bertz CT molecular complexity index is 642. The van der Waals surface area contributed by atoms with E-state index in [4.69, 9.17) is 16.3 Å². The van der Waals surface area contributed by atoms with Crippen LogP contribution in [0.15, 0.2) is 48.5 Å². The van der Waals surface area contributed by atoms with Crippen LogP contribution in [0.1, 0.15) is 19.4 Å². The van der Waals surface area contributed by atoms with Gasteiger partial charge in [-0.25, -0.2) is 0 Å². The fourth-order valence-electron chi connectivity index (χ4n) is 2.01. The molecule has 0 heterocycles. The third-order valence-electron chi connectivity index (χ3n) is 3.09. The summed E-state index contributed by atoms with van der Waals surface area (Å²) in [4.78, 5) is 11.9. The van der Waals surface area contributed by atoms with Crippen molar-refractivity contribution in [3.05, 3.63) is 59.1 Å². The van der Waals surface area contributed by atoms with Crippen molar-refractivity contribution >= 4 is 23.2 Å². The third kappa shape index (κ3) is 5.83. The maximum absolute atomic E-state index is 11.9. The van der Waals surface area contributed by atoms with Gasteiger partial charge < -0.3 is 15.4 Å². The van der Waals surface area contributed by atoms with Gasteiger partial charge in [-0.3, -0.25) is 4.79 Å². The van der Waals surface area contributed by atoms with Gasteiger partial charge in [0.2, 0.25) is 5.91 Å². The molecule has 0 unspecified atom stereocenters. The van der Waals surface area contributed by atoms with E-state index in [2.05, 4.69) is 10.6 Å². The number of nitrogens with one attached hydrogen (secondary N) is 2. The smallest absolute Gasteiger partial charge is 0.239 e. The van der Waals surface area contributed by atoms with Crippen molar-refractivity contribution in [3.63, 3.8) is 0 Å². The van der Waals surface area contributed by atoms with E-state index in [-0.39, 0.29) is 18.6 Å². The molecule has 0 atom stereocenters. The summed E-state index contributed by atoms with van der Waals surface area (Å²) < 4.78 is 5.71. The van der Waals surface area contributed by atoms with E-state index in [1.54, 1.807) is 12.1 Å². The SMILES string of the molecule is CC(C)Oc1ccccc1NCC(=O)NCc1ccc(Cl)cc1. The van der Waals surface area contributed by atoms with Crippen molar-refractivity contribution in [2.45, 2.75) is 26.5 Å². The summed E-state index contributed by atoms with van der Waals surface area (Å²) in [5, 5.41) is 6.65. The average Bonchev–Trinajstić information content (AvgIpc) is 2.53. The van der Waals surface area contributed by atoms with Crippen LogP contribution in [0.3, 0.4) is 0 Å². The Kier molecular flexibility index (Phi) is 6.29. The zero-order valence-electron chi connectivity index (χ0n) is 13.3. The molecule has 0 aliphatic carbocycles. The van der Waals surface area contributed by atoms with Crippen molar-refractivity contribution in [3.8, 4) is 5.75 Å². The molecule has 0 saturated carbocycles. The fourth-order valence-corrected chi connectivity index (χ4v) is 2.14. The minimum atomic E-state index is -0.0840. The first-order chi connectivity index (χ1) is 11.0. The van der Waals surface area contributed by atoms with E-state index in [0.717, 1.165) is 17.0 Å². The Balaban J connectivity index is 1.83. The second kappa shape index (κ2) is 8.44. The Hall–Kier alpha value is -2.20. The molecule has 0 aliphatic rings. The van der Waals surface area contributed by atoms with Crippen molar-refractivity contribution < 1.29 is 9.53 Å². The van der Waals surface area contributed by atoms with Crippen molar-refractivity contribution in [2.75, 3.05) is 11.9 Å². The highest BCUT2D eigenvalue weighted by molar-refractivity contribution is 6.30. The summed E-state index contributed by atoms with van der Waals surface area (Å²) in [6.07, 6.45) is 0.0803. The maximum atomic E-state index is 11.9. The van der Waals surface area contributed by atoms with Crippen molar-refractivity contribution in [1.82, 2.24) is 5.32 Å². The normalized spacial score (nSPS) is 10.4. The van der Waals surface area contributed by atoms with Gasteiger partial charge in [0.05, 0.1) is 18.3 Å². The summed E-state index contributed by atoms with van der Waals surface area (Å²) in [6.45, 7) is 4.60. The molecule has 0 saturated heterocycles. The summed E-state index contributed by atoms with van der Waals surface area (Å²) in [6, 6.07) is 15.0. The number of benzene rings is 2. The van der Waals surface area contributed by atoms with Gasteiger partial charge >= 0.3 is 0 Å². The Morgan fingerprint density at radius 2 is 1.83 bits per heavy atom. The quantitative estimate of drug-likeness (QED) is 0.809. The number of amides is 1. The van der Waals surface area contributed by atoms with Gasteiger partial charge in [-0.2, -0.15) is 0 Å². The van der Waals surface area contributed by atoms with Crippen LogP contribution in [0.2, 0.25) is 5.02 Å². The summed E-state index contributed by atoms with van der Waals surface area (Å²) >= 11 is 5.83. The van der Waals surface area contributed by atoms with Crippen LogP contribution in [0.4, 0.5) is 5.69 Å². The fraction of sp³-hybridized carbons (Fsp3) is 0.278. The highest BCUT2D eigenvalue weighted by atomic mass is 35.5. The Labute approximate surface area is 141 Å². The molecule has 2 aromatic carbocycles. The number of carbonyl (C=O) groups excluding carboxylic acids is 1. The van der Waals surface area contributed by atoms with Crippen LogP contribution in [-0.4, -0.2) is 18.6 Å². The number of halogens is 1. The summed E-state index contributed by atoms with van der Waals surface area (Å²) in [5.41, 5.74) is 1.81. The predicted octanol–water partition coefficient (Wildman–Crippen LogP) is 3.86. The van der Waals surface area contributed by atoms with Crippen LogP contribution >= 0.6 is 11.6 Å². The van der Waals surface area contributed by atoms with Crippen molar-refractivity contribution in [2.24, 2.45) is 0 Å². The topological polar surface area (TPSA) is 50.4 Å². The average molecular weight is 333 g/mol. The summed E-state index contributed by atoms with van der Waals surface area (Å²) in [7, 11) is 0. The zero-order valence-corrected chi connectivity index (χ0v) is 14.1. The lowest BCUT2D eigenvalue weighted by Crippen LogP contribution is -2.29. The molecule has 0 aliphatic heterocycles. The molecule has 4 nitrogen and oxygen atoms in total. The van der Waals surface area contributed by atoms with Crippen LogP contribution in [0.25, 0.3) is 0 Å². The lowest BCUT2D eigenvalue weighted by atomic mass is 10.2. The molecule has 2 aromatic rings. The van der Waals surface area contributed by atoms with Gasteiger partial charge in [0, 0.05) is 11.6 Å². The largest absolute Gasteiger partial charge is 0.489 e. The molecule has 23 heavy (non-hydrogen) atoms. The highest BCUT2D eigenvalue weighted by Crippen LogP contribution is 2.24. The van der Waals surface area contributed by atoms with E-state index < -0.39 is 0 Å². The van der Waals surface area contributed by atoms with Gasteiger partial charge in [0.25, 0.3) is 0 Å². The van der Waals surface area contributed by atoms with E-state index in [9.17, 15) is 4.79 Å². The number of carbonyl (C=O) groups is 1. The first-order valence-corrected chi connectivity index (χ1v) is 7.93. The zero-order chi connectivity index (χ0) is 16.7.